The first kappa shape index (κ1) is 22.4. The number of piperidine rings is 1. The fourth-order valence-electron chi connectivity index (χ4n) is 4.89. The summed E-state index contributed by atoms with van der Waals surface area (Å²) in [7, 11) is 0. The van der Waals surface area contributed by atoms with Crippen LogP contribution in [0.15, 0.2) is 41.3 Å². The van der Waals surface area contributed by atoms with Gasteiger partial charge in [-0.1, -0.05) is 25.0 Å². The second-order valence-electron chi connectivity index (χ2n) is 9.01. The fourth-order valence-corrected chi connectivity index (χ4v) is 4.89. The van der Waals surface area contributed by atoms with Crippen LogP contribution in [-0.2, 0) is 13.0 Å². The van der Waals surface area contributed by atoms with Crippen LogP contribution >= 0.6 is 0 Å². The lowest BCUT2D eigenvalue weighted by atomic mass is 9.97. The van der Waals surface area contributed by atoms with E-state index in [-0.39, 0.29) is 12.0 Å². The number of nitrogen functional groups attached to an aromatic ring is 1. The molecule has 1 aliphatic rings. The third kappa shape index (κ3) is 5.15. The number of para-hydroxylation sites is 2. The van der Waals surface area contributed by atoms with Crippen LogP contribution in [0.4, 0.5) is 5.82 Å². The molecule has 2 atom stereocenters. The van der Waals surface area contributed by atoms with Crippen LogP contribution in [0, 0.1) is 0 Å². The molecule has 170 valence electrons. The van der Waals surface area contributed by atoms with Crippen molar-refractivity contribution in [2.45, 2.75) is 77.4 Å². The number of likely N-dealkylation sites (tertiary alicyclic amines) is 1. The first-order valence-electron chi connectivity index (χ1n) is 11.8. The van der Waals surface area contributed by atoms with Gasteiger partial charge in [-0.05, 0) is 64.3 Å². The molecule has 7 nitrogen and oxygen atoms in total. The molecule has 2 aromatic heterocycles. The summed E-state index contributed by atoms with van der Waals surface area (Å²) in [4.78, 5) is 29.0. The smallest absolute Gasteiger partial charge is 0.273 e. The highest BCUT2D eigenvalue weighted by Gasteiger charge is 2.23. The zero-order valence-corrected chi connectivity index (χ0v) is 19.2. The topological polar surface area (TPSA) is 89.9 Å². The number of anilines is 1. The summed E-state index contributed by atoms with van der Waals surface area (Å²) in [5.74, 6) is 0.912. The molecule has 3 aromatic rings. The summed E-state index contributed by atoms with van der Waals surface area (Å²) >= 11 is 0. The van der Waals surface area contributed by atoms with Crippen molar-refractivity contribution in [2.75, 3.05) is 12.3 Å². The quantitative estimate of drug-likeness (QED) is 0.543. The standard InChI is InChI=1S/C25H34N6O/c1-18-9-8-10-19(2)30(18)15-6-3-7-16-31-22-12-5-4-11-20(22)28-21(25(31)32)17-24-27-14-13-23(26)29-24/h4-5,11-14,18-19H,3,6-10,15-17H2,1-2H3,(H2,26,27,29)/t18-,19+. The number of nitrogens with two attached hydrogens (primary N) is 1. The molecule has 3 heterocycles. The Morgan fingerprint density at radius 2 is 1.75 bits per heavy atom. The molecule has 0 amide bonds. The van der Waals surface area contributed by atoms with Crippen molar-refractivity contribution in [3.05, 3.63) is 58.4 Å². The van der Waals surface area contributed by atoms with Crippen LogP contribution in [0.5, 0.6) is 0 Å². The van der Waals surface area contributed by atoms with Gasteiger partial charge in [0.2, 0.25) is 0 Å². The van der Waals surface area contributed by atoms with Crippen LogP contribution < -0.4 is 11.3 Å². The number of benzene rings is 1. The SMILES string of the molecule is C[C@@H]1CCC[C@H](C)N1CCCCCn1c(=O)c(Cc2nccc(N)n2)nc2ccccc21. The van der Waals surface area contributed by atoms with E-state index in [1.807, 2.05) is 28.8 Å². The Morgan fingerprint density at radius 3 is 2.53 bits per heavy atom. The number of hydrogen-bond acceptors (Lipinski definition) is 6. The fraction of sp³-hybridized carbons (Fsp3) is 0.520. The number of rotatable bonds is 8. The van der Waals surface area contributed by atoms with Gasteiger partial charge in [0.05, 0.1) is 17.5 Å². The summed E-state index contributed by atoms with van der Waals surface area (Å²) in [5.41, 5.74) is 7.88. The average Bonchev–Trinajstić information content (AvgIpc) is 2.77. The summed E-state index contributed by atoms with van der Waals surface area (Å²) in [6.45, 7) is 6.54. The van der Waals surface area contributed by atoms with Gasteiger partial charge >= 0.3 is 0 Å². The van der Waals surface area contributed by atoms with Gasteiger partial charge in [0.1, 0.15) is 17.3 Å². The van der Waals surface area contributed by atoms with E-state index in [0.717, 1.165) is 36.8 Å². The number of hydrogen-bond donors (Lipinski definition) is 1. The maximum atomic E-state index is 13.3. The molecule has 0 spiro atoms. The number of aryl methyl sites for hydroxylation is 1. The Labute approximate surface area is 189 Å². The zero-order chi connectivity index (χ0) is 22.5. The average molecular weight is 435 g/mol. The predicted octanol–water partition coefficient (Wildman–Crippen LogP) is 3.79. The van der Waals surface area contributed by atoms with Gasteiger partial charge in [0, 0.05) is 24.8 Å². The van der Waals surface area contributed by atoms with Crippen LogP contribution in [0.3, 0.4) is 0 Å². The van der Waals surface area contributed by atoms with E-state index in [9.17, 15) is 4.79 Å². The van der Waals surface area contributed by atoms with Gasteiger partial charge in [0.25, 0.3) is 5.56 Å². The highest BCUT2D eigenvalue weighted by Crippen LogP contribution is 2.23. The molecule has 32 heavy (non-hydrogen) atoms. The van der Waals surface area contributed by atoms with E-state index in [2.05, 4.69) is 33.7 Å². The first-order chi connectivity index (χ1) is 15.5. The van der Waals surface area contributed by atoms with Crippen molar-refractivity contribution < 1.29 is 0 Å². The van der Waals surface area contributed by atoms with E-state index in [0.29, 0.717) is 36.0 Å². The Bertz CT molecular complexity index is 1100. The monoisotopic (exact) mass is 434 g/mol. The second-order valence-corrected chi connectivity index (χ2v) is 9.01. The minimum absolute atomic E-state index is 0.0620. The molecule has 4 rings (SSSR count). The molecule has 0 radical (unpaired) electrons. The van der Waals surface area contributed by atoms with Gasteiger partial charge in [-0.2, -0.15) is 0 Å². The molecular formula is C25H34N6O. The van der Waals surface area contributed by atoms with Crippen LogP contribution in [0.25, 0.3) is 11.0 Å². The third-order valence-corrected chi connectivity index (χ3v) is 6.65. The van der Waals surface area contributed by atoms with E-state index in [1.165, 1.54) is 19.3 Å². The Hall–Kier alpha value is -2.80. The Morgan fingerprint density at radius 1 is 1.00 bits per heavy atom. The normalized spacial score (nSPS) is 19.4. The van der Waals surface area contributed by atoms with Gasteiger partial charge in [0.15, 0.2) is 0 Å². The van der Waals surface area contributed by atoms with E-state index >= 15 is 0 Å². The summed E-state index contributed by atoms with van der Waals surface area (Å²) in [6.07, 6.45) is 9.09. The molecule has 1 aliphatic heterocycles. The number of fused-ring (bicyclic) bond motifs is 1. The minimum atomic E-state index is -0.0620. The van der Waals surface area contributed by atoms with Crippen LogP contribution in [0.1, 0.15) is 63.9 Å². The molecule has 0 bridgehead atoms. The molecule has 1 aromatic carbocycles. The van der Waals surface area contributed by atoms with E-state index in [4.69, 9.17) is 5.73 Å². The number of nitrogens with zero attached hydrogens (tertiary/aromatic N) is 5. The first-order valence-corrected chi connectivity index (χ1v) is 11.8. The maximum absolute atomic E-state index is 13.3. The van der Waals surface area contributed by atoms with E-state index < -0.39 is 0 Å². The van der Waals surface area contributed by atoms with Gasteiger partial charge < -0.3 is 10.3 Å². The molecular weight excluding hydrogens is 400 g/mol. The molecule has 0 saturated carbocycles. The van der Waals surface area contributed by atoms with Crippen molar-refractivity contribution in [3.63, 3.8) is 0 Å². The summed E-state index contributed by atoms with van der Waals surface area (Å²) in [5, 5.41) is 0. The van der Waals surface area contributed by atoms with Crippen LogP contribution in [-0.4, -0.2) is 43.0 Å². The number of aromatic nitrogens is 4. The van der Waals surface area contributed by atoms with Crippen molar-refractivity contribution in [3.8, 4) is 0 Å². The number of unbranched alkanes of at least 4 members (excludes halogenated alkanes) is 2. The van der Waals surface area contributed by atoms with Gasteiger partial charge in [-0.15, -0.1) is 0 Å². The van der Waals surface area contributed by atoms with Gasteiger partial charge in [-0.3, -0.25) is 9.69 Å². The largest absolute Gasteiger partial charge is 0.384 e. The zero-order valence-electron chi connectivity index (χ0n) is 19.2. The molecule has 7 heteroatoms. The second kappa shape index (κ2) is 10.2. The van der Waals surface area contributed by atoms with Gasteiger partial charge in [-0.25, -0.2) is 15.0 Å². The van der Waals surface area contributed by atoms with Crippen molar-refractivity contribution in [2.24, 2.45) is 0 Å². The summed E-state index contributed by atoms with van der Waals surface area (Å²) < 4.78 is 1.87. The summed E-state index contributed by atoms with van der Waals surface area (Å²) in [6, 6.07) is 10.8. The Kier molecular flexibility index (Phi) is 7.15. The van der Waals surface area contributed by atoms with E-state index in [1.54, 1.807) is 12.3 Å². The lowest BCUT2D eigenvalue weighted by Crippen LogP contribution is -2.44. The lowest BCUT2D eigenvalue weighted by Gasteiger charge is -2.39. The van der Waals surface area contributed by atoms with Crippen molar-refractivity contribution in [1.29, 1.82) is 0 Å². The molecule has 2 N–H and O–H groups in total. The maximum Gasteiger partial charge on any atom is 0.273 e. The Balaban J connectivity index is 1.45. The molecule has 0 aliphatic carbocycles. The molecule has 1 fully saturated rings. The van der Waals surface area contributed by atoms with Crippen LogP contribution in [0.2, 0.25) is 0 Å². The molecule has 1 saturated heterocycles. The van der Waals surface area contributed by atoms with Crippen molar-refractivity contribution in [1.82, 2.24) is 24.4 Å². The van der Waals surface area contributed by atoms with Crippen molar-refractivity contribution >= 4 is 16.9 Å². The highest BCUT2D eigenvalue weighted by molar-refractivity contribution is 5.74. The highest BCUT2D eigenvalue weighted by atomic mass is 16.1. The third-order valence-electron chi connectivity index (χ3n) is 6.65. The lowest BCUT2D eigenvalue weighted by molar-refractivity contribution is 0.101. The molecule has 0 unspecified atom stereocenters. The predicted molar refractivity (Wildman–Crippen MR) is 129 cm³/mol. The minimum Gasteiger partial charge on any atom is -0.384 e.